The van der Waals surface area contributed by atoms with Crippen LogP contribution < -0.4 is 29.6 Å². The molecule has 318 valence electrons. The van der Waals surface area contributed by atoms with Gasteiger partial charge in [-0.3, -0.25) is 9.97 Å². The number of nitrogens with one attached hydrogen (secondary N) is 2. The van der Waals surface area contributed by atoms with E-state index in [0.717, 1.165) is 33.4 Å². The van der Waals surface area contributed by atoms with Crippen LogP contribution >= 0.6 is 23.2 Å². The molecule has 0 aliphatic rings. The van der Waals surface area contributed by atoms with Gasteiger partial charge in [0, 0.05) is 73.2 Å². The summed E-state index contributed by atoms with van der Waals surface area (Å²) >= 11 is 13.4. The first kappa shape index (κ1) is 45.2. The van der Waals surface area contributed by atoms with Crippen LogP contribution in [0.3, 0.4) is 0 Å². The van der Waals surface area contributed by atoms with E-state index in [1.54, 1.807) is 36.7 Å². The molecular formula is C46H44Cl2N8O6. The molecule has 0 radical (unpaired) electrons. The van der Waals surface area contributed by atoms with Crippen LogP contribution in [0.4, 0.5) is 0 Å². The van der Waals surface area contributed by atoms with Gasteiger partial charge < -0.3 is 39.8 Å². The number of hydrogen-bond acceptors (Lipinski definition) is 14. The van der Waals surface area contributed by atoms with Gasteiger partial charge >= 0.3 is 0 Å². The minimum absolute atomic E-state index is 0.0354. The Bertz CT molecular complexity index is 2410. The van der Waals surface area contributed by atoms with Gasteiger partial charge in [0.05, 0.1) is 24.3 Å². The van der Waals surface area contributed by atoms with Gasteiger partial charge in [-0.2, -0.15) is 20.5 Å². The predicted molar refractivity (Wildman–Crippen MR) is 233 cm³/mol. The van der Waals surface area contributed by atoms with Gasteiger partial charge in [-0.1, -0.05) is 59.6 Å². The molecule has 6 rings (SSSR count). The molecule has 14 nitrogen and oxygen atoms in total. The summed E-state index contributed by atoms with van der Waals surface area (Å²) in [7, 11) is 0. The number of rotatable bonds is 21. The molecule has 4 N–H and O–H groups in total. The van der Waals surface area contributed by atoms with E-state index in [0.29, 0.717) is 81.4 Å². The Morgan fingerprint density at radius 1 is 0.565 bits per heavy atom. The van der Waals surface area contributed by atoms with Crippen molar-refractivity contribution in [3.05, 3.63) is 151 Å². The molecular weight excluding hydrogens is 831 g/mol. The highest BCUT2D eigenvalue weighted by Gasteiger charge is 2.18. The van der Waals surface area contributed by atoms with Crippen molar-refractivity contribution >= 4 is 23.2 Å². The van der Waals surface area contributed by atoms with Gasteiger partial charge in [0.1, 0.15) is 48.6 Å². The number of benzene rings is 2. The number of aromatic nitrogens is 4. The van der Waals surface area contributed by atoms with Crippen molar-refractivity contribution in [2.45, 2.75) is 53.4 Å². The van der Waals surface area contributed by atoms with Crippen molar-refractivity contribution in [2.24, 2.45) is 0 Å². The molecule has 0 saturated heterocycles. The lowest BCUT2D eigenvalue weighted by Crippen LogP contribution is -2.18. The van der Waals surface area contributed by atoms with E-state index in [-0.39, 0.29) is 51.4 Å². The fourth-order valence-corrected chi connectivity index (χ4v) is 6.87. The first-order valence-corrected chi connectivity index (χ1v) is 20.3. The number of aliphatic hydroxyl groups excluding tert-OH is 2. The van der Waals surface area contributed by atoms with Crippen LogP contribution in [0.25, 0.3) is 11.1 Å². The average Bonchev–Trinajstić information content (AvgIpc) is 3.29. The predicted octanol–water partition coefficient (Wildman–Crippen LogP) is 7.08. The molecule has 6 aromatic rings. The molecule has 0 saturated carbocycles. The number of nitriles is 2. The van der Waals surface area contributed by atoms with E-state index in [4.69, 9.17) is 42.1 Å². The number of hydrogen-bond donors (Lipinski definition) is 4. The smallest absolute Gasteiger partial charge is 0.236 e. The third kappa shape index (κ3) is 11.9. The third-order valence-corrected chi connectivity index (χ3v) is 10.2. The summed E-state index contributed by atoms with van der Waals surface area (Å²) in [5.74, 6) is 0.973. The average molecular weight is 876 g/mol. The molecule has 0 unspecified atom stereocenters. The normalized spacial score (nSPS) is 10.8. The van der Waals surface area contributed by atoms with Gasteiger partial charge in [-0.25, -0.2) is 0 Å². The van der Waals surface area contributed by atoms with Crippen molar-refractivity contribution in [1.29, 1.82) is 10.5 Å². The van der Waals surface area contributed by atoms with Crippen molar-refractivity contribution in [3.8, 4) is 46.8 Å². The fraction of sp³-hybridized carbons (Fsp3) is 0.261. The Morgan fingerprint density at radius 2 is 0.984 bits per heavy atom. The summed E-state index contributed by atoms with van der Waals surface area (Å²) in [4.78, 5) is 17.5. The van der Waals surface area contributed by atoms with E-state index in [1.807, 2.05) is 38.1 Å². The van der Waals surface area contributed by atoms with Crippen molar-refractivity contribution in [3.63, 3.8) is 0 Å². The molecule has 0 aliphatic heterocycles. The number of ether oxygens (including phenoxy) is 4. The number of aliphatic hydroxyl groups is 2. The maximum Gasteiger partial charge on any atom is 0.236 e. The van der Waals surface area contributed by atoms with Gasteiger partial charge in [0.15, 0.2) is 0 Å². The first-order chi connectivity index (χ1) is 30.2. The second-order valence-corrected chi connectivity index (χ2v) is 14.8. The minimum Gasteiger partial charge on any atom is -0.472 e. The lowest BCUT2D eigenvalue weighted by molar-refractivity contribution is 0.263. The number of pyridine rings is 4. The van der Waals surface area contributed by atoms with Crippen LogP contribution in [-0.4, -0.2) is 56.5 Å². The summed E-state index contributed by atoms with van der Waals surface area (Å²) in [6.07, 6.45) is 6.20. The Labute approximate surface area is 369 Å². The maximum absolute atomic E-state index is 9.29. The van der Waals surface area contributed by atoms with Crippen LogP contribution in [0, 0.1) is 36.5 Å². The molecule has 4 aromatic heterocycles. The molecule has 16 heteroatoms. The van der Waals surface area contributed by atoms with Crippen molar-refractivity contribution in [1.82, 2.24) is 30.6 Å². The Hall–Kier alpha value is -6.36. The Balaban J connectivity index is 1.18. The van der Waals surface area contributed by atoms with E-state index in [1.165, 1.54) is 12.4 Å². The van der Waals surface area contributed by atoms with Crippen molar-refractivity contribution in [2.75, 3.05) is 26.3 Å². The molecule has 0 amide bonds. The minimum atomic E-state index is -0.0354. The third-order valence-electron chi connectivity index (χ3n) is 9.68. The molecule has 2 aromatic carbocycles. The van der Waals surface area contributed by atoms with Crippen LogP contribution in [0.1, 0.15) is 55.6 Å². The second kappa shape index (κ2) is 22.5. The first-order valence-electron chi connectivity index (χ1n) is 19.6. The summed E-state index contributed by atoms with van der Waals surface area (Å²) in [5, 5.41) is 44.0. The highest BCUT2D eigenvalue weighted by Crippen LogP contribution is 2.35. The zero-order valence-electron chi connectivity index (χ0n) is 34.1. The number of halogens is 2. The highest BCUT2D eigenvalue weighted by atomic mass is 35.5. The molecule has 0 aliphatic carbocycles. The lowest BCUT2D eigenvalue weighted by Gasteiger charge is -2.18. The van der Waals surface area contributed by atoms with E-state index < -0.39 is 0 Å². The molecule has 0 fully saturated rings. The number of nitrogens with zero attached hydrogens (tertiary/aromatic N) is 6. The van der Waals surface area contributed by atoms with Crippen LogP contribution in [0.2, 0.25) is 10.0 Å². The zero-order chi connectivity index (χ0) is 43.8. The largest absolute Gasteiger partial charge is 0.472 e. The Morgan fingerprint density at radius 3 is 1.39 bits per heavy atom. The fourth-order valence-electron chi connectivity index (χ4n) is 6.41. The second-order valence-electron chi connectivity index (χ2n) is 14.0. The molecule has 62 heavy (non-hydrogen) atoms. The van der Waals surface area contributed by atoms with Gasteiger partial charge in [0.25, 0.3) is 0 Å². The molecule has 0 atom stereocenters. The molecule has 0 bridgehead atoms. The summed E-state index contributed by atoms with van der Waals surface area (Å²) in [6, 6.07) is 23.0. The molecule has 0 spiro atoms. The standard InChI is InChI=1S/C46H44Cl2N8O6/c1-29-35(27-61-45-41(47)15-37(23-51-9-11-57)43(55-45)59-25-33-13-31(17-49)19-53-21-33)5-3-7-39(29)40-8-4-6-36(30(40)2)28-62-46-42(48)16-38(24-52-10-12-58)44(56-46)60-26-34-14-32(18-50)20-54-22-34/h3-8,13-16,19-22,51-52,57-58H,9-12,23-28H2,1-2H3. The lowest BCUT2D eigenvalue weighted by atomic mass is 9.92. The summed E-state index contributed by atoms with van der Waals surface area (Å²) in [6.45, 7) is 6.00. The SMILES string of the molecule is Cc1c(COc2nc(OCc3cncc(C#N)c3)c(CNCCO)cc2Cl)cccc1-c1cccc(COc2nc(OCc3cncc(C#N)c3)c(CNCCO)cc2Cl)c1C. The molecule has 4 heterocycles. The topological polar surface area (TPSA) is 201 Å². The van der Waals surface area contributed by atoms with Crippen molar-refractivity contribution < 1.29 is 29.2 Å². The van der Waals surface area contributed by atoms with E-state index in [9.17, 15) is 20.7 Å². The van der Waals surface area contributed by atoms with Gasteiger partial charge in [-0.05, 0) is 71.5 Å². The van der Waals surface area contributed by atoms with E-state index >= 15 is 0 Å². The van der Waals surface area contributed by atoms with Crippen LogP contribution in [-0.2, 0) is 39.5 Å². The maximum atomic E-state index is 9.29. The summed E-state index contributed by atoms with van der Waals surface area (Å²) < 4.78 is 24.7. The van der Waals surface area contributed by atoms with Gasteiger partial charge in [0.2, 0.25) is 23.5 Å². The highest BCUT2D eigenvalue weighted by molar-refractivity contribution is 6.32. The van der Waals surface area contributed by atoms with Crippen LogP contribution in [0.15, 0.2) is 85.5 Å². The quantitative estimate of drug-likeness (QED) is 0.0535. The van der Waals surface area contributed by atoms with E-state index in [2.05, 4.69) is 54.8 Å². The van der Waals surface area contributed by atoms with Gasteiger partial charge in [-0.15, -0.1) is 0 Å². The monoisotopic (exact) mass is 874 g/mol. The van der Waals surface area contributed by atoms with Crippen LogP contribution in [0.5, 0.6) is 23.5 Å². The Kier molecular flexibility index (Phi) is 16.4. The zero-order valence-corrected chi connectivity index (χ0v) is 35.6. The summed E-state index contributed by atoms with van der Waals surface area (Å²) in [5.41, 5.74) is 9.43.